The Balaban J connectivity index is 2.37. The van der Waals surface area contributed by atoms with Crippen LogP contribution in [-0.4, -0.2) is 23.0 Å². The molecule has 0 aliphatic carbocycles. The van der Waals surface area contributed by atoms with E-state index in [0.29, 0.717) is 6.42 Å². The number of rotatable bonds is 6. The van der Waals surface area contributed by atoms with Gasteiger partial charge in [0.05, 0.1) is 0 Å². The van der Waals surface area contributed by atoms with Gasteiger partial charge in [-0.25, -0.2) is 4.79 Å². The molecule has 0 saturated heterocycles. The molecule has 4 heteroatoms. The van der Waals surface area contributed by atoms with Crippen LogP contribution in [0.4, 0.5) is 0 Å². The van der Waals surface area contributed by atoms with Crippen molar-refractivity contribution in [2.45, 2.75) is 32.2 Å². The summed E-state index contributed by atoms with van der Waals surface area (Å²) in [6, 6.07) is 9.09. The minimum Gasteiger partial charge on any atom is -0.480 e. The van der Waals surface area contributed by atoms with Gasteiger partial charge in [-0.05, 0) is 24.8 Å². The summed E-state index contributed by atoms with van der Waals surface area (Å²) in [4.78, 5) is 21.7. The van der Waals surface area contributed by atoms with Gasteiger partial charge in [0.1, 0.15) is 6.04 Å². The molecular formula is C13H17NO3. The quantitative estimate of drug-likeness (QED) is 0.787. The maximum Gasteiger partial charge on any atom is 0.326 e. The van der Waals surface area contributed by atoms with Gasteiger partial charge in [-0.15, -0.1) is 0 Å². The topological polar surface area (TPSA) is 66.4 Å². The minimum atomic E-state index is -0.978. The SMILES string of the molecule is CC(=O)N[C@@H](CCCc1ccccc1)C(=O)O. The molecule has 4 nitrogen and oxygen atoms in total. The standard InChI is InChI=1S/C13H17NO3/c1-10(15)14-12(13(16)17)9-5-8-11-6-3-2-4-7-11/h2-4,6-7,12H,5,8-9H2,1H3,(H,14,15)(H,16,17)/t12-/m0/s1. The number of benzene rings is 1. The van der Waals surface area contributed by atoms with Crippen LogP contribution in [0.1, 0.15) is 25.3 Å². The van der Waals surface area contributed by atoms with Gasteiger partial charge < -0.3 is 10.4 Å². The van der Waals surface area contributed by atoms with Crippen molar-refractivity contribution in [2.75, 3.05) is 0 Å². The third kappa shape index (κ3) is 5.15. The lowest BCUT2D eigenvalue weighted by Crippen LogP contribution is -2.39. The zero-order chi connectivity index (χ0) is 12.7. The van der Waals surface area contributed by atoms with Crippen molar-refractivity contribution in [1.29, 1.82) is 0 Å². The lowest BCUT2D eigenvalue weighted by Gasteiger charge is -2.12. The number of hydrogen-bond donors (Lipinski definition) is 2. The van der Waals surface area contributed by atoms with Crippen LogP contribution in [-0.2, 0) is 16.0 Å². The Hall–Kier alpha value is -1.84. The molecule has 0 aromatic heterocycles. The summed E-state index contributed by atoms with van der Waals surface area (Å²) in [6.07, 6.45) is 2.01. The molecule has 17 heavy (non-hydrogen) atoms. The van der Waals surface area contributed by atoms with E-state index in [0.717, 1.165) is 12.8 Å². The Morgan fingerprint density at radius 2 is 1.94 bits per heavy atom. The molecule has 0 bridgehead atoms. The normalized spacial score (nSPS) is 11.8. The van der Waals surface area contributed by atoms with Gasteiger partial charge in [0.25, 0.3) is 0 Å². The van der Waals surface area contributed by atoms with Crippen molar-refractivity contribution < 1.29 is 14.7 Å². The molecule has 1 aromatic carbocycles. The lowest BCUT2D eigenvalue weighted by atomic mass is 10.0. The number of aryl methyl sites for hydroxylation is 1. The first-order chi connectivity index (χ1) is 8.09. The van der Waals surface area contributed by atoms with E-state index in [9.17, 15) is 9.59 Å². The van der Waals surface area contributed by atoms with Crippen LogP contribution >= 0.6 is 0 Å². The second-order valence-electron chi connectivity index (χ2n) is 3.97. The molecule has 1 amide bonds. The van der Waals surface area contributed by atoms with E-state index < -0.39 is 12.0 Å². The molecular weight excluding hydrogens is 218 g/mol. The van der Waals surface area contributed by atoms with E-state index in [4.69, 9.17) is 5.11 Å². The van der Waals surface area contributed by atoms with E-state index in [1.54, 1.807) is 0 Å². The van der Waals surface area contributed by atoms with Crippen LogP contribution in [0.15, 0.2) is 30.3 Å². The fourth-order valence-electron chi connectivity index (χ4n) is 1.66. The van der Waals surface area contributed by atoms with Crippen LogP contribution in [0.3, 0.4) is 0 Å². The number of nitrogens with one attached hydrogen (secondary N) is 1. The van der Waals surface area contributed by atoms with Crippen molar-refractivity contribution in [1.82, 2.24) is 5.32 Å². The summed E-state index contributed by atoms with van der Waals surface area (Å²) in [7, 11) is 0. The molecule has 0 aliphatic rings. The van der Waals surface area contributed by atoms with Crippen molar-refractivity contribution in [3.05, 3.63) is 35.9 Å². The molecule has 0 aliphatic heterocycles. The van der Waals surface area contributed by atoms with E-state index >= 15 is 0 Å². The molecule has 0 fully saturated rings. The average molecular weight is 235 g/mol. The molecule has 1 aromatic rings. The summed E-state index contributed by atoms with van der Waals surface area (Å²) >= 11 is 0. The summed E-state index contributed by atoms with van der Waals surface area (Å²) < 4.78 is 0. The smallest absolute Gasteiger partial charge is 0.326 e. The number of carbonyl (C=O) groups excluding carboxylic acids is 1. The molecule has 0 saturated carbocycles. The minimum absolute atomic E-state index is 0.308. The average Bonchev–Trinajstić information content (AvgIpc) is 2.28. The number of hydrogen-bond acceptors (Lipinski definition) is 2. The zero-order valence-electron chi connectivity index (χ0n) is 9.85. The largest absolute Gasteiger partial charge is 0.480 e. The van der Waals surface area contributed by atoms with Gasteiger partial charge in [0.15, 0.2) is 0 Å². The maximum absolute atomic E-state index is 10.9. The van der Waals surface area contributed by atoms with Crippen molar-refractivity contribution in [2.24, 2.45) is 0 Å². The molecule has 2 N–H and O–H groups in total. The second-order valence-corrected chi connectivity index (χ2v) is 3.97. The van der Waals surface area contributed by atoms with Crippen molar-refractivity contribution in [3.63, 3.8) is 0 Å². The van der Waals surface area contributed by atoms with E-state index in [-0.39, 0.29) is 5.91 Å². The molecule has 1 atom stereocenters. The predicted molar refractivity (Wildman–Crippen MR) is 64.6 cm³/mol. The van der Waals surface area contributed by atoms with Gasteiger partial charge in [-0.1, -0.05) is 30.3 Å². The maximum atomic E-state index is 10.9. The molecule has 0 heterocycles. The van der Waals surface area contributed by atoms with Gasteiger partial charge in [0, 0.05) is 6.92 Å². The van der Waals surface area contributed by atoms with Crippen LogP contribution in [0, 0.1) is 0 Å². The monoisotopic (exact) mass is 235 g/mol. The summed E-state index contributed by atoms with van der Waals surface area (Å²) in [6.45, 7) is 1.33. The highest BCUT2D eigenvalue weighted by Gasteiger charge is 2.17. The third-order valence-corrected chi connectivity index (χ3v) is 2.48. The van der Waals surface area contributed by atoms with Crippen LogP contribution in [0.5, 0.6) is 0 Å². The first-order valence-corrected chi connectivity index (χ1v) is 5.63. The highest BCUT2D eigenvalue weighted by Crippen LogP contribution is 2.06. The number of carboxylic acids is 1. The first kappa shape index (κ1) is 13.2. The van der Waals surface area contributed by atoms with E-state index in [1.165, 1.54) is 12.5 Å². The number of amides is 1. The number of carboxylic acid groups (broad SMARTS) is 1. The summed E-state index contributed by atoms with van der Waals surface area (Å²) in [5, 5.41) is 11.3. The van der Waals surface area contributed by atoms with Crippen molar-refractivity contribution >= 4 is 11.9 Å². The van der Waals surface area contributed by atoms with Crippen LogP contribution < -0.4 is 5.32 Å². The highest BCUT2D eigenvalue weighted by atomic mass is 16.4. The Labute approximate surface area is 101 Å². The Bertz CT molecular complexity index is 376. The second kappa shape index (κ2) is 6.68. The molecule has 92 valence electrons. The first-order valence-electron chi connectivity index (χ1n) is 5.63. The predicted octanol–water partition coefficient (Wildman–Crippen LogP) is 1.60. The number of aliphatic carboxylic acids is 1. The van der Waals surface area contributed by atoms with Gasteiger partial charge >= 0.3 is 5.97 Å². The Morgan fingerprint density at radius 1 is 1.29 bits per heavy atom. The molecule has 1 rings (SSSR count). The lowest BCUT2D eigenvalue weighted by molar-refractivity contribution is -0.141. The van der Waals surface area contributed by atoms with Gasteiger partial charge in [-0.3, -0.25) is 4.79 Å². The van der Waals surface area contributed by atoms with E-state index in [1.807, 2.05) is 30.3 Å². The molecule has 0 unspecified atom stereocenters. The van der Waals surface area contributed by atoms with Gasteiger partial charge in [0.2, 0.25) is 5.91 Å². The molecule has 0 radical (unpaired) electrons. The Kier molecular flexibility index (Phi) is 5.20. The Morgan fingerprint density at radius 3 is 2.47 bits per heavy atom. The van der Waals surface area contributed by atoms with E-state index in [2.05, 4.69) is 5.32 Å². The zero-order valence-corrected chi connectivity index (χ0v) is 9.85. The third-order valence-electron chi connectivity index (χ3n) is 2.48. The van der Waals surface area contributed by atoms with Crippen molar-refractivity contribution in [3.8, 4) is 0 Å². The fraction of sp³-hybridized carbons (Fsp3) is 0.385. The molecule has 0 spiro atoms. The summed E-state index contributed by atoms with van der Waals surface area (Å²) in [5.74, 6) is -1.29. The fourth-order valence-corrected chi connectivity index (χ4v) is 1.66. The van der Waals surface area contributed by atoms with Crippen LogP contribution in [0.2, 0.25) is 0 Å². The summed E-state index contributed by atoms with van der Waals surface area (Å²) in [5.41, 5.74) is 1.18. The highest BCUT2D eigenvalue weighted by molar-refractivity contribution is 5.81. The van der Waals surface area contributed by atoms with Crippen LogP contribution in [0.25, 0.3) is 0 Å². The number of carbonyl (C=O) groups is 2. The van der Waals surface area contributed by atoms with Gasteiger partial charge in [-0.2, -0.15) is 0 Å².